The van der Waals surface area contributed by atoms with Crippen LogP contribution in [0.25, 0.3) is 0 Å². The summed E-state index contributed by atoms with van der Waals surface area (Å²) in [5, 5.41) is 0. The van der Waals surface area contributed by atoms with Crippen molar-refractivity contribution >= 4 is 5.82 Å². The Kier molecular flexibility index (Phi) is 5.06. The van der Waals surface area contributed by atoms with Crippen LogP contribution in [0.3, 0.4) is 0 Å². The maximum Gasteiger partial charge on any atom is 0.123 e. The molecule has 0 radical (unpaired) electrons. The van der Waals surface area contributed by atoms with Crippen LogP contribution in [0.2, 0.25) is 0 Å². The first-order valence-corrected chi connectivity index (χ1v) is 3.04. The molecule has 2 heteroatoms. The van der Waals surface area contributed by atoms with Crippen LogP contribution < -0.4 is 5.73 Å². The van der Waals surface area contributed by atoms with E-state index in [1.54, 1.807) is 18.3 Å². The molecule has 1 rings (SSSR count). The topological polar surface area (TPSA) is 38.9 Å². The Morgan fingerprint density at radius 2 is 2.20 bits per heavy atom. The van der Waals surface area contributed by atoms with Crippen molar-refractivity contribution in [2.75, 3.05) is 5.73 Å². The summed E-state index contributed by atoms with van der Waals surface area (Å²) in [6.07, 6.45) is 3.41. The Morgan fingerprint density at radius 1 is 1.60 bits per heavy atom. The second kappa shape index (κ2) is 5.82. The Balaban J connectivity index is 0.000000236. The van der Waals surface area contributed by atoms with E-state index >= 15 is 0 Å². The van der Waals surface area contributed by atoms with E-state index < -0.39 is 0 Å². The highest BCUT2D eigenvalue weighted by molar-refractivity contribution is 5.25. The van der Waals surface area contributed by atoms with Gasteiger partial charge in [-0.05, 0) is 19.1 Å². The third-order valence-corrected chi connectivity index (χ3v) is 0.688. The summed E-state index contributed by atoms with van der Waals surface area (Å²) in [6.45, 7) is 5.25. The van der Waals surface area contributed by atoms with Gasteiger partial charge in [-0.2, -0.15) is 0 Å². The number of anilines is 1. The molecule has 0 aliphatic rings. The fourth-order valence-corrected chi connectivity index (χ4v) is 0.376. The molecule has 0 aliphatic carbocycles. The molecule has 1 aromatic heterocycles. The van der Waals surface area contributed by atoms with Crippen molar-refractivity contribution in [3.8, 4) is 0 Å². The van der Waals surface area contributed by atoms with Crippen molar-refractivity contribution in [3.05, 3.63) is 37.1 Å². The van der Waals surface area contributed by atoms with Gasteiger partial charge in [-0.1, -0.05) is 12.1 Å². The molecule has 2 N–H and O–H groups in total. The molecule has 0 atom stereocenters. The van der Waals surface area contributed by atoms with Gasteiger partial charge in [-0.25, -0.2) is 4.98 Å². The highest BCUT2D eigenvalue weighted by Gasteiger charge is 1.73. The van der Waals surface area contributed by atoms with Gasteiger partial charge in [0.15, 0.2) is 0 Å². The molecule has 0 saturated carbocycles. The molecular weight excluding hydrogens is 124 g/mol. The minimum Gasteiger partial charge on any atom is -0.384 e. The van der Waals surface area contributed by atoms with Crippen LogP contribution in [0.15, 0.2) is 37.1 Å². The third kappa shape index (κ3) is 4.84. The van der Waals surface area contributed by atoms with E-state index in [2.05, 4.69) is 11.6 Å². The standard InChI is InChI=1S/C5H6N2.C3H6/c6-5-3-1-2-4-7-5;1-3-2/h1-4H,(H2,6,7);3H,1H2,2H3. The van der Waals surface area contributed by atoms with Crippen LogP contribution in [0.1, 0.15) is 6.92 Å². The highest BCUT2D eigenvalue weighted by atomic mass is 14.8. The second-order valence-electron chi connectivity index (χ2n) is 1.66. The van der Waals surface area contributed by atoms with Crippen LogP contribution in [-0.2, 0) is 0 Å². The summed E-state index contributed by atoms with van der Waals surface area (Å²) >= 11 is 0. The van der Waals surface area contributed by atoms with Gasteiger partial charge in [0.25, 0.3) is 0 Å². The van der Waals surface area contributed by atoms with Gasteiger partial charge < -0.3 is 5.73 Å². The van der Waals surface area contributed by atoms with Gasteiger partial charge in [-0.3, -0.25) is 0 Å². The van der Waals surface area contributed by atoms with Gasteiger partial charge in [0, 0.05) is 6.20 Å². The molecule has 54 valence electrons. The van der Waals surface area contributed by atoms with Gasteiger partial charge in [0.05, 0.1) is 0 Å². The van der Waals surface area contributed by atoms with Crippen LogP contribution in [-0.4, -0.2) is 4.98 Å². The summed E-state index contributed by atoms with van der Waals surface area (Å²) in [4.78, 5) is 3.76. The minimum absolute atomic E-state index is 0.572. The number of nitrogen functional groups attached to an aromatic ring is 1. The number of aromatic nitrogens is 1. The summed E-state index contributed by atoms with van der Waals surface area (Å²) in [5.41, 5.74) is 5.25. The number of nitrogens with two attached hydrogens (primary N) is 1. The molecule has 1 aromatic rings. The Bertz CT molecular complexity index is 170. The van der Waals surface area contributed by atoms with Crippen molar-refractivity contribution in [1.29, 1.82) is 0 Å². The molecule has 1 heterocycles. The zero-order valence-corrected chi connectivity index (χ0v) is 6.12. The first-order valence-electron chi connectivity index (χ1n) is 3.04. The van der Waals surface area contributed by atoms with Gasteiger partial charge in [0.2, 0.25) is 0 Å². The highest BCUT2D eigenvalue weighted by Crippen LogP contribution is 1.89. The molecule has 0 bridgehead atoms. The predicted molar refractivity (Wildman–Crippen MR) is 44.5 cm³/mol. The Labute approximate surface area is 61.4 Å². The predicted octanol–water partition coefficient (Wildman–Crippen LogP) is 1.86. The summed E-state index contributed by atoms with van der Waals surface area (Å²) in [7, 11) is 0. The largest absolute Gasteiger partial charge is 0.384 e. The minimum atomic E-state index is 0.572. The third-order valence-electron chi connectivity index (χ3n) is 0.688. The molecule has 0 saturated heterocycles. The molecule has 0 aromatic carbocycles. The molecule has 0 aliphatic heterocycles. The average molecular weight is 136 g/mol. The zero-order chi connectivity index (χ0) is 7.82. The van der Waals surface area contributed by atoms with Gasteiger partial charge in [0.1, 0.15) is 5.82 Å². The number of hydrogen-bond donors (Lipinski definition) is 1. The number of hydrogen-bond acceptors (Lipinski definition) is 2. The molecule has 2 nitrogen and oxygen atoms in total. The molecule has 0 unspecified atom stereocenters. The second-order valence-corrected chi connectivity index (χ2v) is 1.66. The lowest BCUT2D eigenvalue weighted by molar-refractivity contribution is 1.34. The van der Waals surface area contributed by atoms with Crippen LogP contribution in [0, 0.1) is 0 Å². The first-order chi connectivity index (χ1) is 4.81. The number of nitrogens with zero attached hydrogens (tertiary/aromatic N) is 1. The molecule has 10 heavy (non-hydrogen) atoms. The molecule has 0 spiro atoms. The van der Waals surface area contributed by atoms with Crippen molar-refractivity contribution in [1.82, 2.24) is 4.98 Å². The van der Waals surface area contributed by atoms with E-state index in [1.807, 2.05) is 19.1 Å². The first kappa shape index (κ1) is 8.69. The van der Waals surface area contributed by atoms with Crippen molar-refractivity contribution in [2.24, 2.45) is 0 Å². The molecule has 0 fully saturated rings. The summed E-state index contributed by atoms with van der Waals surface area (Å²) < 4.78 is 0. The van der Waals surface area contributed by atoms with E-state index in [1.165, 1.54) is 0 Å². The normalized spacial score (nSPS) is 7.30. The maximum atomic E-state index is 5.25. The Morgan fingerprint density at radius 3 is 2.40 bits per heavy atom. The lowest BCUT2D eigenvalue weighted by atomic mass is 10.5. The van der Waals surface area contributed by atoms with Gasteiger partial charge in [-0.15, -0.1) is 6.58 Å². The SMILES string of the molecule is C=CC.Nc1ccccn1. The Hall–Kier alpha value is -1.31. The van der Waals surface area contributed by atoms with E-state index in [-0.39, 0.29) is 0 Å². The van der Waals surface area contributed by atoms with Crippen molar-refractivity contribution < 1.29 is 0 Å². The van der Waals surface area contributed by atoms with Gasteiger partial charge >= 0.3 is 0 Å². The van der Waals surface area contributed by atoms with Crippen LogP contribution >= 0.6 is 0 Å². The quantitative estimate of drug-likeness (QED) is 0.553. The number of allylic oxidation sites excluding steroid dienone is 1. The summed E-state index contributed by atoms with van der Waals surface area (Å²) in [6, 6.07) is 5.43. The van der Waals surface area contributed by atoms with Crippen LogP contribution in [0.4, 0.5) is 5.82 Å². The molecular formula is C8H12N2. The van der Waals surface area contributed by atoms with E-state index in [9.17, 15) is 0 Å². The fraction of sp³-hybridized carbons (Fsp3) is 0.125. The van der Waals surface area contributed by atoms with Crippen molar-refractivity contribution in [3.63, 3.8) is 0 Å². The molecule has 0 amide bonds. The smallest absolute Gasteiger partial charge is 0.123 e. The lowest BCUT2D eigenvalue weighted by Gasteiger charge is -1.82. The maximum absolute atomic E-state index is 5.25. The number of rotatable bonds is 0. The summed E-state index contributed by atoms with van der Waals surface area (Å²) in [5.74, 6) is 0.572. The van der Waals surface area contributed by atoms with E-state index in [0.717, 1.165) is 0 Å². The average Bonchev–Trinajstić information content (AvgIpc) is 1.91. The van der Waals surface area contributed by atoms with Crippen molar-refractivity contribution in [2.45, 2.75) is 6.92 Å². The number of pyridine rings is 1. The fourth-order valence-electron chi connectivity index (χ4n) is 0.376. The zero-order valence-electron chi connectivity index (χ0n) is 6.12. The van der Waals surface area contributed by atoms with E-state index in [4.69, 9.17) is 5.73 Å². The lowest BCUT2D eigenvalue weighted by Crippen LogP contribution is -1.85. The van der Waals surface area contributed by atoms with E-state index in [0.29, 0.717) is 5.82 Å². The monoisotopic (exact) mass is 136 g/mol. The van der Waals surface area contributed by atoms with Crippen LogP contribution in [0.5, 0.6) is 0 Å².